The van der Waals surface area contributed by atoms with E-state index < -0.39 is 0 Å². The Morgan fingerprint density at radius 3 is 2.39 bits per heavy atom. The molecular weight excluding hydrogens is 357 g/mol. The van der Waals surface area contributed by atoms with Gasteiger partial charge in [0.2, 0.25) is 0 Å². The molecule has 18 heavy (non-hydrogen) atoms. The van der Waals surface area contributed by atoms with Crippen LogP contribution in [0.2, 0.25) is 0 Å². The summed E-state index contributed by atoms with van der Waals surface area (Å²) in [6.45, 7) is 11.8. The first-order chi connectivity index (χ1) is 8.37. The van der Waals surface area contributed by atoms with Gasteiger partial charge in [0, 0.05) is 11.3 Å². The third-order valence-corrected chi connectivity index (χ3v) is 4.68. The van der Waals surface area contributed by atoms with Gasteiger partial charge in [-0.15, -0.1) is 11.8 Å². The van der Waals surface area contributed by atoms with Crippen LogP contribution in [-0.2, 0) is 12.2 Å². The van der Waals surface area contributed by atoms with Crippen molar-refractivity contribution in [2.75, 3.05) is 11.9 Å². The Balaban J connectivity index is 2.95. The molecule has 0 fully saturated rings. The second-order valence-corrected chi connectivity index (χ2v) is 7.91. The lowest BCUT2D eigenvalue weighted by molar-refractivity contribution is 0.799. The molecule has 0 unspecified atom stereocenters. The fraction of sp³-hybridized carbons (Fsp3) is 0.692. The van der Waals surface area contributed by atoms with Crippen LogP contribution in [0.25, 0.3) is 0 Å². The van der Waals surface area contributed by atoms with E-state index in [1.165, 1.54) is 0 Å². The Morgan fingerprint density at radius 2 is 1.89 bits per heavy atom. The number of hydrogen-bond donors (Lipinski definition) is 1. The highest BCUT2D eigenvalue weighted by molar-refractivity contribution is 14.1. The molecule has 0 aliphatic heterocycles. The van der Waals surface area contributed by atoms with Gasteiger partial charge < -0.3 is 5.32 Å². The Bertz CT molecular complexity index is 402. The summed E-state index contributed by atoms with van der Waals surface area (Å²) in [6.07, 6.45) is 0.951. The fourth-order valence-corrected chi connectivity index (χ4v) is 2.91. The number of aryl methyl sites for hydroxylation is 1. The largest absolute Gasteiger partial charge is 0.369 e. The molecule has 1 rings (SSSR count). The SMILES string of the molecule is CCNc1nc(CSC(C)(C)C)nc(CC)c1I. The van der Waals surface area contributed by atoms with Crippen molar-refractivity contribution in [1.29, 1.82) is 0 Å². The van der Waals surface area contributed by atoms with Gasteiger partial charge in [0.25, 0.3) is 0 Å². The number of thioether (sulfide) groups is 1. The zero-order valence-corrected chi connectivity index (χ0v) is 14.8. The van der Waals surface area contributed by atoms with Gasteiger partial charge in [-0.2, -0.15) is 0 Å². The normalized spacial score (nSPS) is 11.7. The summed E-state index contributed by atoms with van der Waals surface area (Å²) in [6, 6.07) is 0. The van der Waals surface area contributed by atoms with Crippen LogP contribution in [0.4, 0.5) is 5.82 Å². The molecule has 0 atom stereocenters. The van der Waals surface area contributed by atoms with Crippen LogP contribution in [0.5, 0.6) is 0 Å². The molecule has 0 spiro atoms. The predicted octanol–water partition coefficient (Wildman–Crippen LogP) is 4.11. The number of rotatable bonds is 5. The third-order valence-electron chi connectivity index (χ3n) is 2.28. The summed E-state index contributed by atoms with van der Waals surface area (Å²) in [5.41, 5.74) is 1.14. The average Bonchev–Trinajstić information content (AvgIpc) is 2.29. The van der Waals surface area contributed by atoms with Gasteiger partial charge in [-0.3, -0.25) is 0 Å². The average molecular weight is 379 g/mol. The van der Waals surface area contributed by atoms with E-state index in [0.29, 0.717) is 0 Å². The van der Waals surface area contributed by atoms with Gasteiger partial charge in [-0.1, -0.05) is 27.7 Å². The standard InChI is InChI=1S/C13H22IN3S/c1-6-9-11(14)12(15-7-2)17-10(16-9)8-18-13(3,4)5/h6-8H2,1-5H3,(H,15,16,17). The van der Waals surface area contributed by atoms with Crippen molar-refractivity contribution in [3.63, 3.8) is 0 Å². The molecule has 1 aromatic heterocycles. The molecule has 1 N–H and O–H groups in total. The summed E-state index contributed by atoms with van der Waals surface area (Å²) in [7, 11) is 0. The van der Waals surface area contributed by atoms with Gasteiger partial charge in [-0.25, -0.2) is 9.97 Å². The van der Waals surface area contributed by atoms with Crippen molar-refractivity contribution in [3.8, 4) is 0 Å². The lowest BCUT2D eigenvalue weighted by atomic mass is 10.3. The highest BCUT2D eigenvalue weighted by atomic mass is 127. The highest BCUT2D eigenvalue weighted by Gasteiger charge is 2.14. The quantitative estimate of drug-likeness (QED) is 0.782. The second kappa shape index (κ2) is 6.93. The molecule has 0 aromatic carbocycles. The molecule has 1 heterocycles. The number of nitrogens with one attached hydrogen (secondary N) is 1. The first kappa shape index (κ1) is 16.0. The summed E-state index contributed by atoms with van der Waals surface area (Å²) in [5, 5.41) is 3.32. The second-order valence-electron chi connectivity index (χ2n) is 5.03. The van der Waals surface area contributed by atoms with E-state index in [9.17, 15) is 0 Å². The molecule has 0 aliphatic rings. The highest BCUT2D eigenvalue weighted by Crippen LogP contribution is 2.27. The topological polar surface area (TPSA) is 37.8 Å². The Hall–Kier alpha value is -0.0400. The van der Waals surface area contributed by atoms with Crippen LogP contribution < -0.4 is 5.32 Å². The van der Waals surface area contributed by atoms with Crippen LogP contribution in [0.3, 0.4) is 0 Å². The third kappa shape index (κ3) is 4.91. The minimum absolute atomic E-state index is 0.247. The monoisotopic (exact) mass is 379 g/mol. The Morgan fingerprint density at radius 1 is 1.22 bits per heavy atom. The van der Waals surface area contributed by atoms with Crippen molar-refractivity contribution >= 4 is 40.2 Å². The molecule has 1 aromatic rings. The van der Waals surface area contributed by atoms with Gasteiger partial charge >= 0.3 is 0 Å². The van der Waals surface area contributed by atoms with Crippen molar-refractivity contribution in [1.82, 2.24) is 9.97 Å². The number of hydrogen-bond acceptors (Lipinski definition) is 4. The summed E-state index contributed by atoms with van der Waals surface area (Å²) in [4.78, 5) is 9.28. The molecule has 0 saturated heterocycles. The molecule has 3 nitrogen and oxygen atoms in total. The molecule has 0 radical (unpaired) electrons. The summed E-state index contributed by atoms with van der Waals surface area (Å²) in [5.74, 6) is 2.78. The van der Waals surface area contributed by atoms with E-state index in [2.05, 4.69) is 72.5 Å². The molecule has 102 valence electrons. The Labute approximate surface area is 128 Å². The number of aromatic nitrogens is 2. The summed E-state index contributed by atoms with van der Waals surface area (Å²) < 4.78 is 1.40. The van der Waals surface area contributed by atoms with Gasteiger partial charge in [0.1, 0.15) is 11.6 Å². The van der Waals surface area contributed by atoms with E-state index in [-0.39, 0.29) is 4.75 Å². The maximum atomic E-state index is 4.66. The lowest BCUT2D eigenvalue weighted by Gasteiger charge is -2.18. The predicted molar refractivity (Wildman–Crippen MR) is 89.3 cm³/mol. The molecular formula is C13H22IN3S. The number of nitrogens with zero attached hydrogens (tertiary/aromatic N) is 2. The first-order valence-electron chi connectivity index (χ1n) is 6.30. The van der Waals surface area contributed by atoms with E-state index in [1.807, 2.05) is 11.8 Å². The Kier molecular flexibility index (Phi) is 6.17. The molecule has 0 aliphatic carbocycles. The van der Waals surface area contributed by atoms with E-state index in [1.54, 1.807) is 0 Å². The van der Waals surface area contributed by atoms with Gasteiger partial charge in [0.05, 0.1) is 15.0 Å². The van der Waals surface area contributed by atoms with Crippen LogP contribution in [0.1, 0.15) is 46.1 Å². The van der Waals surface area contributed by atoms with Crippen LogP contribution in [0.15, 0.2) is 0 Å². The zero-order valence-electron chi connectivity index (χ0n) is 11.8. The van der Waals surface area contributed by atoms with E-state index in [4.69, 9.17) is 0 Å². The molecule has 5 heteroatoms. The van der Waals surface area contributed by atoms with Gasteiger partial charge in [0.15, 0.2) is 0 Å². The minimum atomic E-state index is 0.247. The van der Waals surface area contributed by atoms with Crippen molar-refractivity contribution in [2.45, 2.75) is 51.5 Å². The molecule has 0 bridgehead atoms. The van der Waals surface area contributed by atoms with Crippen molar-refractivity contribution in [2.24, 2.45) is 0 Å². The summed E-state index contributed by atoms with van der Waals surface area (Å²) >= 11 is 4.21. The van der Waals surface area contributed by atoms with Crippen LogP contribution in [-0.4, -0.2) is 21.3 Å². The minimum Gasteiger partial charge on any atom is -0.369 e. The number of anilines is 1. The maximum absolute atomic E-state index is 4.66. The van der Waals surface area contributed by atoms with Crippen molar-refractivity contribution in [3.05, 3.63) is 15.1 Å². The number of halogens is 1. The van der Waals surface area contributed by atoms with Crippen LogP contribution in [0, 0.1) is 3.57 Å². The molecule has 0 amide bonds. The zero-order chi connectivity index (χ0) is 13.8. The smallest absolute Gasteiger partial charge is 0.143 e. The first-order valence-corrected chi connectivity index (χ1v) is 8.37. The lowest BCUT2D eigenvalue weighted by Crippen LogP contribution is -2.12. The fourth-order valence-electron chi connectivity index (χ4n) is 1.41. The van der Waals surface area contributed by atoms with Gasteiger partial charge in [-0.05, 0) is 35.9 Å². The van der Waals surface area contributed by atoms with Crippen LogP contribution >= 0.6 is 34.4 Å². The molecule has 0 saturated carbocycles. The van der Waals surface area contributed by atoms with Crippen molar-refractivity contribution < 1.29 is 0 Å². The van der Waals surface area contributed by atoms with E-state index >= 15 is 0 Å². The van der Waals surface area contributed by atoms with E-state index in [0.717, 1.165) is 39.6 Å². The maximum Gasteiger partial charge on any atom is 0.143 e.